The van der Waals surface area contributed by atoms with E-state index in [1.165, 1.54) is 83.5 Å². The number of rotatable bonds is 16. The molecule has 156 valence electrons. The van der Waals surface area contributed by atoms with E-state index in [1.807, 2.05) is 0 Å². The van der Waals surface area contributed by atoms with Gasteiger partial charge in [-0.15, -0.1) is 9.97 Å². The van der Waals surface area contributed by atoms with Crippen LogP contribution in [0.3, 0.4) is 0 Å². The molecule has 1 aromatic heterocycles. The Hall–Kier alpha value is -0.450. The van der Waals surface area contributed by atoms with E-state index in [0.717, 1.165) is 13.0 Å². The Morgan fingerprint density at radius 1 is 0.593 bits per heavy atom. The van der Waals surface area contributed by atoms with Gasteiger partial charge >= 0.3 is 5.95 Å². The molecular weight excluding hydrogens is 379 g/mol. The van der Waals surface area contributed by atoms with Crippen molar-refractivity contribution in [1.29, 1.82) is 0 Å². The zero-order chi connectivity index (χ0) is 20.0. The molecule has 0 N–H and O–H groups in total. The van der Waals surface area contributed by atoms with Crippen LogP contribution >= 0.6 is 23.2 Å². The topological polar surface area (TPSA) is 38.7 Å². The third kappa shape index (κ3) is 11.9. The second-order valence-electron chi connectivity index (χ2n) is 8.18. The molecule has 0 radical (unpaired) electrons. The first-order valence-corrected chi connectivity index (χ1v) is 11.6. The minimum absolute atomic E-state index is 0.164. The predicted octanol–water partition coefficient (Wildman–Crippen LogP) is 7.23. The van der Waals surface area contributed by atoms with Crippen molar-refractivity contribution < 1.29 is 0 Å². The molecule has 27 heavy (non-hydrogen) atoms. The lowest BCUT2D eigenvalue weighted by atomic mass is 10.0. The van der Waals surface area contributed by atoms with E-state index in [9.17, 15) is 0 Å². The molecule has 1 rings (SSSR count). The Bertz CT molecular complexity index is 489. The largest absolute Gasteiger partial charge is 0.334 e. The van der Waals surface area contributed by atoms with Crippen LogP contribution in [0.25, 0.3) is 0 Å². The normalized spacial score (nSPS) is 11.9. The van der Waals surface area contributed by atoms with Crippen LogP contribution in [0.5, 0.6) is 0 Å². The molecule has 1 aromatic rings. The maximum absolute atomic E-state index is 5.89. The maximum Gasteiger partial charge on any atom is 0.334 e. The molecule has 0 aromatic carbocycles. The van der Waals surface area contributed by atoms with Gasteiger partial charge in [-0.05, 0) is 36.0 Å². The first-order chi connectivity index (χ1) is 13.0. The van der Waals surface area contributed by atoms with Crippen LogP contribution in [0.1, 0.15) is 96.8 Å². The highest BCUT2D eigenvalue weighted by Gasteiger charge is 2.23. The van der Waals surface area contributed by atoms with Crippen LogP contribution in [-0.2, 0) is 0 Å². The number of halogens is 2. The number of hydrogen-bond donors (Lipinski definition) is 0. The van der Waals surface area contributed by atoms with E-state index < -0.39 is 0 Å². The summed E-state index contributed by atoms with van der Waals surface area (Å²) in [6, 6.07) is 0. The molecule has 0 saturated carbocycles. The summed E-state index contributed by atoms with van der Waals surface area (Å²) in [5, 5.41) is 0.328. The minimum atomic E-state index is 0.164. The average molecular weight is 418 g/mol. The number of quaternary nitrogens is 1. The van der Waals surface area contributed by atoms with Crippen molar-refractivity contribution in [2.24, 2.45) is 0 Å². The lowest BCUT2D eigenvalue weighted by molar-refractivity contribution is 0.362. The van der Waals surface area contributed by atoms with Gasteiger partial charge in [-0.3, -0.25) is 4.48 Å². The molecule has 0 bridgehead atoms. The van der Waals surface area contributed by atoms with Crippen molar-refractivity contribution >= 4 is 29.2 Å². The third-order valence-electron chi connectivity index (χ3n) is 5.18. The zero-order valence-corrected chi connectivity index (χ0v) is 19.2. The van der Waals surface area contributed by atoms with Gasteiger partial charge in [-0.1, -0.05) is 84.0 Å². The second-order valence-corrected chi connectivity index (χ2v) is 8.85. The van der Waals surface area contributed by atoms with Gasteiger partial charge in [0, 0.05) is 0 Å². The van der Waals surface area contributed by atoms with Crippen LogP contribution in [0.4, 0.5) is 5.95 Å². The van der Waals surface area contributed by atoms with Crippen molar-refractivity contribution in [3.05, 3.63) is 10.6 Å². The molecule has 0 aliphatic carbocycles. The molecule has 6 heteroatoms. The molecular formula is C21H39Cl2N4+. The van der Waals surface area contributed by atoms with Gasteiger partial charge < -0.3 is 0 Å². The molecule has 1 heterocycles. The molecule has 0 fully saturated rings. The Kier molecular flexibility index (Phi) is 13.2. The standard InChI is InChI=1S/C21H39Cl2N4/c1-4-5-6-7-8-9-10-11-12-13-14-15-16-17-18-27(2,3)21-25-19(22)24-20(23)26-21/h4-18H2,1-3H3/q+1. The molecule has 0 unspecified atom stereocenters. The summed E-state index contributed by atoms with van der Waals surface area (Å²) in [5.74, 6) is 0.634. The number of unbranched alkanes of at least 4 members (excludes halogenated alkanes) is 13. The molecule has 0 spiro atoms. The summed E-state index contributed by atoms with van der Waals surface area (Å²) in [5.41, 5.74) is 0. The SMILES string of the molecule is CCCCCCCCCCCCCCCC[N+](C)(C)c1nc(Cl)nc(Cl)n1. The fraction of sp³-hybridized carbons (Fsp3) is 0.857. The van der Waals surface area contributed by atoms with E-state index in [2.05, 4.69) is 36.0 Å². The first-order valence-electron chi connectivity index (χ1n) is 10.9. The Morgan fingerprint density at radius 2 is 0.963 bits per heavy atom. The zero-order valence-electron chi connectivity index (χ0n) is 17.7. The lowest BCUT2D eigenvalue weighted by Gasteiger charge is -2.26. The van der Waals surface area contributed by atoms with E-state index in [0.29, 0.717) is 10.4 Å². The fourth-order valence-corrected chi connectivity index (χ4v) is 3.74. The van der Waals surface area contributed by atoms with Crippen LogP contribution in [0.2, 0.25) is 10.6 Å². The van der Waals surface area contributed by atoms with E-state index >= 15 is 0 Å². The maximum atomic E-state index is 5.89. The Morgan fingerprint density at radius 3 is 1.37 bits per heavy atom. The average Bonchev–Trinajstić information content (AvgIpc) is 2.61. The number of aromatic nitrogens is 3. The molecule has 0 saturated heterocycles. The summed E-state index contributed by atoms with van der Waals surface area (Å²) in [6.07, 6.45) is 19.2. The van der Waals surface area contributed by atoms with Gasteiger partial charge in [0.05, 0.1) is 20.6 Å². The summed E-state index contributed by atoms with van der Waals surface area (Å²) in [4.78, 5) is 12.3. The quantitative estimate of drug-likeness (QED) is 0.210. The summed E-state index contributed by atoms with van der Waals surface area (Å²) in [7, 11) is 4.18. The van der Waals surface area contributed by atoms with Gasteiger partial charge in [0.1, 0.15) is 0 Å². The molecule has 0 amide bonds. The minimum Gasteiger partial charge on any atom is -0.262 e. The molecule has 4 nitrogen and oxygen atoms in total. The van der Waals surface area contributed by atoms with E-state index in [-0.39, 0.29) is 10.6 Å². The lowest BCUT2D eigenvalue weighted by Crippen LogP contribution is -2.43. The van der Waals surface area contributed by atoms with Crippen molar-refractivity contribution in [1.82, 2.24) is 19.4 Å². The monoisotopic (exact) mass is 417 g/mol. The number of nitrogens with zero attached hydrogens (tertiary/aromatic N) is 4. The van der Waals surface area contributed by atoms with Gasteiger partial charge in [0.15, 0.2) is 0 Å². The second kappa shape index (κ2) is 14.5. The van der Waals surface area contributed by atoms with Crippen LogP contribution < -0.4 is 4.48 Å². The van der Waals surface area contributed by atoms with Crippen molar-refractivity contribution in [2.75, 3.05) is 20.6 Å². The van der Waals surface area contributed by atoms with Gasteiger partial charge in [0.25, 0.3) is 0 Å². The Labute approximate surface area is 176 Å². The third-order valence-corrected chi connectivity index (χ3v) is 5.52. The van der Waals surface area contributed by atoms with Crippen molar-refractivity contribution in [3.8, 4) is 0 Å². The highest BCUT2D eigenvalue weighted by molar-refractivity contribution is 6.31. The van der Waals surface area contributed by atoms with Crippen molar-refractivity contribution in [3.63, 3.8) is 0 Å². The highest BCUT2D eigenvalue weighted by Crippen LogP contribution is 2.19. The summed E-state index contributed by atoms with van der Waals surface area (Å²) in [6.45, 7) is 3.26. The van der Waals surface area contributed by atoms with Crippen molar-refractivity contribution in [2.45, 2.75) is 96.8 Å². The molecule has 0 aliphatic rings. The van der Waals surface area contributed by atoms with Crippen LogP contribution in [0.15, 0.2) is 0 Å². The van der Waals surface area contributed by atoms with Crippen LogP contribution in [-0.4, -0.2) is 35.6 Å². The number of hydrogen-bond acceptors (Lipinski definition) is 3. The first kappa shape index (κ1) is 24.6. The predicted molar refractivity (Wildman–Crippen MR) is 119 cm³/mol. The van der Waals surface area contributed by atoms with Gasteiger partial charge in [0.2, 0.25) is 10.6 Å². The summed E-state index contributed by atoms with van der Waals surface area (Å²) < 4.78 is 0.584. The fourth-order valence-electron chi connectivity index (χ4n) is 3.39. The van der Waals surface area contributed by atoms with E-state index in [1.54, 1.807) is 0 Å². The molecule has 0 aliphatic heterocycles. The van der Waals surface area contributed by atoms with Gasteiger partial charge in [-0.25, -0.2) is 0 Å². The van der Waals surface area contributed by atoms with Gasteiger partial charge in [-0.2, -0.15) is 4.98 Å². The summed E-state index contributed by atoms with van der Waals surface area (Å²) >= 11 is 11.8. The van der Waals surface area contributed by atoms with E-state index in [4.69, 9.17) is 23.2 Å². The smallest absolute Gasteiger partial charge is 0.262 e. The Balaban J connectivity index is 1.99. The van der Waals surface area contributed by atoms with Crippen LogP contribution in [0, 0.1) is 0 Å². The molecule has 0 atom stereocenters. The highest BCUT2D eigenvalue weighted by atomic mass is 35.5.